The molecule has 1 unspecified atom stereocenters. The molecule has 3 nitrogen and oxygen atoms in total. The first kappa shape index (κ1) is 25.4. The van der Waals surface area contributed by atoms with Gasteiger partial charge in [0.05, 0.1) is 13.2 Å². The van der Waals surface area contributed by atoms with E-state index >= 15 is 0 Å². The molecule has 2 aromatic rings. The Bertz CT molecular complexity index is 743. The van der Waals surface area contributed by atoms with E-state index in [1.807, 2.05) is 82.3 Å². The number of carbonyl (C=O) groups is 1. The van der Waals surface area contributed by atoms with Crippen LogP contribution in [0.4, 0.5) is 0 Å². The number of carbonyl (C=O) groups excluding carboxylic acids is 1. The van der Waals surface area contributed by atoms with Crippen molar-refractivity contribution in [3.8, 4) is 0 Å². The van der Waals surface area contributed by atoms with E-state index in [0.717, 1.165) is 22.0 Å². The number of benzene rings is 2. The third-order valence-corrected chi connectivity index (χ3v) is 6.08. The lowest BCUT2D eigenvalue weighted by Gasteiger charge is -2.30. The van der Waals surface area contributed by atoms with Crippen LogP contribution >= 0.6 is 15.9 Å². The summed E-state index contributed by atoms with van der Waals surface area (Å²) in [6.07, 6.45) is 0. The molecule has 0 aromatic heterocycles. The van der Waals surface area contributed by atoms with Crippen LogP contribution in [0.2, 0.25) is 0 Å². The van der Waals surface area contributed by atoms with Gasteiger partial charge in [-0.2, -0.15) is 0 Å². The number of hydrogen-bond donors (Lipinski definition) is 0. The molecule has 0 amide bonds. The zero-order valence-corrected chi connectivity index (χ0v) is 20.2. The predicted octanol–water partition coefficient (Wildman–Crippen LogP) is 6.46. The van der Waals surface area contributed by atoms with E-state index in [1.165, 1.54) is 0 Å². The molecule has 2 aromatic carbocycles. The Hall–Kier alpha value is -1.65. The highest BCUT2D eigenvalue weighted by molar-refractivity contribution is 9.09. The minimum atomic E-state index is -0.858. The molecular formula is C25H35BrO3. The summed E-state index contributed by atoms with van der Waals surface area (Å²) < 4.78 is 11.7. The molecular weight excluding hydrogens is 428 g/mol. The first-order chi connectivity index (χ1) is 13.8. The molecule has 2 rings (SSSR count). The lowest BCUT2D eigenvalue weighted by molar-refractivity contribution is -0.154. The number of halogens is 1. The lowest BCUT2D eigenvalue weighted by atomic mass is 9.82. The average molecular weight is 463 g/mol. The van der Waals surface area contributed by atoms with E-state index in [4.69, 9.17) is 9.47 Å². The van der Waals surface area contributed by atoms with Gasteiger partial charge in [-0.3, -0.25) is 4.79 Å². The molecule has 0 aliphatic carbocycles. The molecule has 0 spiro atoms. The second kappa shape index (κ2) is 12.1. The molecule has 0 saturated carbocycles. The predicted molar refractivity (Wildman–Crippen MR) is 125 cm³/mol. The Morgan fingerprint density at radius 2 is 1.62 bits per heavy atom. The molecule has 0 aliphatic rings. The Balaban J connectivity index is 0.00000204. The van der Waals surface area contributed by atoms with Crippen LogP contribution in [0.15, 0.2) is 54.6 Å². The number of hydrogen-bond acceptors (Lipinski definition) is 3. The largest absolute Gasteiger partial charge is 0.460 e. The molecule has 0 heterocycles. The molecule has 1 atom stereocenters. The van der Waals surface area contributed by atoms with Crippen molar-refractivity contribution in [2.75, 3.05) is 18.5 Å². The van der Waals surface area contributed by atoms with Crippen LogP contribution in [0, 0.1) is 12.3 Å². The fourth-order valence-electron chi connectivity index (χ4n) is 2.70. The first-order valence-corrected chi connectivity index (χ1v) is 11.3. The highest BCUT2D eigenvalue weighted by atomic mass is 79.9. The number of ether oxygens (including phenoxy) is 2. The van der Waals surface area contributed by atoms with Crippen LogP contribution in [-0.2, 0) is 26.3 Å². The fourth-order valence-corrected chi connectivity index (χ4v) is 2.86. The summed E-state index contributed by atoms with van der Waals surface area (Å²) >= 11 is 3.51. The number of aryl methyl sites for hydroxylation is 1. The van der Waals surface area contributed by atoms with Gasteiger partial charge in [0.25, 0.3) is 0 Å². The molecule has 160 valence electrons. The van der Waals surface area contributed by atoms with E-state index < -0.39 is 5.41 Å². The van der Waals surface area contributed by atoms with Gasteiger partial charge in [-0.05, 0) is 30.4 Å². The Kier molecular flexibility index (Phi) is 10.6. The summed E-state index contributed by atoms with van der Waals surface area (Å²) in [7, 11) is 0. The van der Waals surface area contributed by atoms with Crippen molar-refractivity contribution >= 4 is 21.9 Å². The summed E-state index contributed by atoms with van der Waals surface area (Å²) in [5, 5.41) is 0.833. The van der Waals surface area contributed by atoms with Gasteiger partial charge < -0.3 is 9.47 Å². The smallest absolute Gasteiger partial charge is 0.318 e. The molecule has 0 aliphatic heterocycles. The third-order valence-electron chi connectivity index (χ3n) is 4.56. The van der Waals surface area contributed by atoms with E-state index in [1.54, 1.807) is 0 Å². The van der Waals surface area contributed by atoms with E-state index in [2.05, 4.69) is 29.8 Å². The van der Waals surface area contributed by atoms with Gasteiger partial charge in [-0.25, -0.2) is 0 Å². The van der Waals surface area contributed by atoms with Gasteiger partial charge in [-0.1, -0.05) is 104 Å². The molecule has 4 heteroatoms. The lowest BCUT2D eigenvalue weighted by Crippen LogP contribution is -2.40. The first-order valence-electron chi connectivity index (χ1n) is 10.2. The van der Waals surface area contributed by atoms with Gasteiger partial charge in [0.15, 0.2) is 0 Å². The zero-order valence-electron chi connectivity index (χ0n) is 18.6. The fraction of sp³-hybridized carbons (Fsp3) is 0.480. The van der Waals surface area contributed by atoms with Gasteiger partial charge in [-0.15, -0.1) is 0 Å². The van der Waals surface area contributed by atoms with E-state index in [9.17, 15) is 4.79 Å². The molecule has 0 saturated heterocycles. The zero-order chi connectivity index (χ0) is 21.9. The van der Waals surface area contributed by atoms with Crippen LogP contribution in [0.5, 0.6) is 0 Å². The summed E-state index contributed by atoms with van der Waals surface area (Å²) in [4.78, 5) is 13.1. The molecule has 29 heavy (non-hydrogen) atoms. The number of rotatable bonds is 9. The summed E-state index contributed by atoms with van der Waals surface area (Å²) in [6.45, 7) is 13.3. The van der Waals surface area contributed by atoms with Crippen LogP contribution in [-0.4, -0.2) is 24.5 Å². The van der Waals surface area contributed by atoms with Crippen molar-refractivity contribution in [2.45, 2.75) is 53.6 Å². The maximum atomic E-state index is 13.1. The van der Waals surface area contributed by atoms with Crippen molar-refractivity contribution in [1.82, 2.24) is 0 Å². The van der Waals surface area contributed by atoms with E-state index in [-0.39, 0.29) is 24.6 Å². The van der Waals surface area contributed by atoms with Crippen LogP contribution < -0.4 is 0 Å². The van der Waals surface area contributed by atoms with Gasteiger partial charge in [0.2, 0.25) is 0 Å². The minimum Gasteiger partial charge on any atom is -0.460 e. The van der Waals surface area contributed by atoms with Gasteiger partial charge in [0.1, 0.15) is 12.0 Å². The van der Waals surface area contributed by atoms with Crippen LogP contribution in [0.25, 0.3) is 0 Å². The van der Waals surface area contributed by atoms with E-state index in [0.29, 0.717) is 6.61 Å². The molecule has 0 fully saturated rings. The number of alkyl halides is 1. The second-order valence-electron chi connectivity index (χ2n) is 8.05. The third kappa shape index (κ3) is 7.94. The van der Waals surface area contributed by atoms with Crippen LogP contribution in [0.3, 0.4) is 0 Å². The molecule has 0 bridgehead atoms. The maximum Gasteiger partial charge on any atom is 0.318 e. The van der Waals surface area contributed by atoms with Crippen molar-refractivity contribution in [3.63, 3.8) is 0 Å². The topological polar surface area (TPSA) is 35.5 Å². The second-order valence-corrected chi connectivity index (χ2v) is 8.61. The summed E-state index contributed by atoms with van der Waals surface area (Å²) in [6, 6.07) is 17.7. The Labute approximate surface area is 184 Å². The average Bonchev–Trinajstić information content (AvgIpc) is 2.74. The van der Waals surface area contributed by atoms with Gasteiger partial charge >= 0.3 is 5.97 Å². The van der Waals surface area contributed by atoms with Crippen LogP contribution in [0.1, 0.15) is 51.3 Å². The monoisotopic (exact) mass is 462 g/mol. The maximum absolute atomic E-state index is 13.1. The Morgan fingerprint density at radius 3 is 2.21 bits per heavy atom. The highest BCUT2D eigenvalue weighted by Crippen LogP contribution is 2.29. The Morgan fingerprint density at radius 1 is 0.966 bits per heavy atom. The van der Waals surface area contributed by atoms with Crippen molar-refractivity contribution in [3.05, 3.63) is 71.3 Å². The number of esters is 1. The highest BCUT2D eigenvalue weighted by Gasteiger charge is 2.38. The summed E-state index contributed by atoms with van der Waals surface area (Å²) in [5.41, 5.74) is 2.14. The van der Waals surface area contributed by atoms with Crippen molar-refractivity contribution in [2.24, 2.45) is 5.41 Å². The quantitative estimate of drug-likeness (QED) is 0.316. The normalized spacial score (nSPS) is 13.1. The SMILES string of the molecule is CC.Cc1cccc(C(C)(COCC(C)(C)CBr)C(=O)OCc2ccccc2)c1. The molecule has 0 radical (unpaired) electrons. The van der Waals surface area contributed by atoms with Gasteiger partial charge in [0, 0.05) is 5.33 Å². The van der Waals surface area contributed by atoms with Crippen molar-refractivity contribution in [1.29, 1.82) is 0 Å². The minimum absolute atomic E-state index is 0.00145. The standard InChI is InChI=1S/C23H29BrO3.C2H6/c1-18-9-8-12-20(13-18)23(4,17-26-16-22(2,3)15-24)21(25)27-14-19-10-6-5-7-11-19;1-2/h5-13H,14-17H2,1-4H3;1-2H3. The molecule has 0 N–H and O–H groups in total. The summed E-state index contributed by atoms with van der Waals surface area (Å²) in [5.74, 6) is -0.270. The van der Waals surface area contributed by atoms with Crippen molar-refractivity contribution < 1.29 is 14.3 Å².